The molecule has 8 heteroatoms. The molecule has 1 unspecified atom stereocenters. The molecule has 0 bridgehead atoms. The molecule has 0 saturated carbocycles. The van der Waals surface area contributed by atoms with Crippen molar-refractivity contribution in [1.29, 1.82) is 0 Å². The van der Waals surface area contributed by atoms with E-state index in [1.807, 2.05) is 0 Å². The number of esters is 1. The summed E-state index contributed by atoms with van der Waals surface area (Å²) < 4.78 is 36.2. The van der Waals surface area contributed by atoms with Crippen molar-refractivity contribution in [1.82, 2.24) is 0 Å². The lowest BCUT2D eigenvalue weighted by Gasteiger charge is -2.18. The van der Waals surface area contributed by atoms with E-state index in [0.717, 1.165) is 22.7 Å². The van der Waals surface area contributed by atoms with E-state index in [-0.39, 0.29) is 9.75 Å². The highest BCUT2D eigenvalue weighted by Gasteiger charge is 2.34. The number of carbonyl (C=O) groups is 2. The van der Waals surface area contributed by atoms with Gasteiger partial charge in [0.15, 0.2) is 0 Å². The predicted octanol–water partition coefficient (Wildman–Crippen LogP) is 6.08. The first-order valence-electron chi connectivity index (χ1n) is 8.43. The number of carboxylic acid groups (broad SMARTS) is 1. The minimum Gasteiger partial charge on any atom is -0.478 e. The number of halogens is 2. The summed E-state index contributed by atoms with van der Waals surface area (Å²) in [4.78, 5) is 25.0. The number of hydrogen-bond donors (Lipinski definition) is 1. The van der Waals surface area contributed by atoms with Crippen LogP contribution in [-0.2, 0) is 4.74 Å². The van der Waals surface area contributed by atoms with Crippen LogP contribution in [0.5, 0.6) is 0 Å². The highest BCUT2D eigenvalue weighted by atomic mass is 32.1. The number of carbonyl (C=O) groups excluding carboxylic acids is 1. The van der Waals surface area contributed by atoms with Gasteiger partial charge in [0.2, 0.25) is 0 Å². The zero-order chi connectivity index (χ0) is 20.4. The maximum Gasteiger partial charge on any atom is 0.342 e. The molecule has 0 amide bonds. The molecule has 4 nitrogen and oxygen atoms in total. The highest BCUT2D eigenvalue weighted by Crippen LogP contribution is 2.41. The number of aromatic carboxylic acids is 1. The molecule has 0 spiro atoms. The van der Waals surface area contributed by atoms with E-state index in [1.165, 1.54) is 12.1 Å². The normalized spacial score (nSPS) is 12.0. The summed E-state index contributed by atoms with van der Waals surface area (Å²) in [5.41, 5.74) is -2.23. The molecule has 146 valence electrons. The molecular formula is C20H16F2O4S2. The summed E-state index contributed by atoms with van der Waals surface area (Å²) in [6, 6.07) is 6.17. The predicted molar refractivity (Wildman–Crippen MR) is 105 cm³/mol. The minimum absolute atomic E-state index is 0.212. The molecule has 0 saturated heterocycles. The van der Waals surface area contributed by atoms with Crippen molar-refractivity contribution in [3.05, 3.63) is 57.8 Å². The van der Waals surface area contributed by atoms with Gasteiger partial charge < -0.3 is 9.84 Å². The Kier molecular flexibility index (Phi) is 5.90. The largest absolute Gasteiger partial charge is 0.478 e. The quantitative estimate of drug-likeness (QED) is 0.489. The molecule has 1 aromatic carbocycles. The fourth-order valence-corrected chi connectivity index (χ4v) is 4.25. The zero-order valence-electron chi connectivity index (χ0n) is 15.0. The Balaban J connectivity index is 2.39. The molecule has 0 radical (unpaired) electrons. The van der Waals surface area contributed by atoms with Gasteiger partial charge in [-0.25, -0.2) is 18.4 Å². The van der Waals surface area contributed by atoms with Crippen LogP contribution in [-0.4, -0.2) is 23.1 Å². The van der Waals surface area contributed by atoms with Crippen LogP contribution in [0.4, 0.5) is 8.78 Å². The minimum atomic E-state index is -1.61. The fraction of sp³-hybridized carbons (Fsp3) is 0.200. The van der Waals surface area contributed by atoms with Crippen LogP contribution < -0.4 is 0 Å². The Morgan fingerprint density at radius 1 is 1.04 bits per heavy atom. The summed E-state index contributed by atoms with van der Waals surface area (Å²) in [6.45, 7) is 3.43. The molecule has 0 aliphatic carbocycles. The van der Waals surface area contributed by atoms with Gasteiger partial charge in [-0.1, -0.05) is 19.1 Å². The number of rotatable bonds is 6. The van der Waals surface area contributed by atoms with Crippen molar-refractivity contribution < 1.29 is 28.2 Å². The van der Waals surface area contributed by atoms with E-state index >= 15 is 8.78 Å². The first-order chi connectivity index (χ1) is 13.4. The van der Waals surface area contributed by atoms with Gasteiger partial charge in [0, 0.05) is 20.9 Å². The van der Waals surface area contributed by atoms with E-state index < -0.39 is 51.9 Å². The van der Waals surface area contributed by atoms with E-state index in [4.69, 9.17) is 4.74 Å². The molecule has 0 aliphatic rings. The average Bonchev–Trinajstić information content (AvgIpc) is 3.35. The van der Waals surface area contributed by atoms with Crippen LogP contribution >= 0.6 is 22.7 Å². The molecule has 0 fully saturated rings. The number of carboxylic acids is 1. The second kappa shape index (κ2) is 8.20. The van der Waals surface area contributed by atoms with Crippen molar-refractivity contribution in [3.63, 3.8) is 0 Å². The number of thiophene rings is 2. The lowest BCUT2D eigenvalue weighted by atomic mass is 9.94. The number of hydrogen-bond acceptors (Lipinski definition) is 5. The van der Waals surface area contributed by atoms with Crippen LogP contribution in [0.3, 0.4) is 0 Å². The van der Waals surface area contributed by atoms with Gasteiger partial charge in [-0.05, 0) is 36.2 Å². The molecule has 0 aliphatic heterocycles. The van der Waals surface area contributed by atoms with Gasteiger partial charge in [0.05, 0.1) is 6.10 Å². The van der Waals surface area contributed by atoms with Gasteiger partial charge in [0.1, 0.15) is 22.8 Å². The Morgan fingerprint density at radius 3 is 1.96 bits per heavy atom. The molecule has 1 N–H and O–H groups in total. The Morgan fingerprint density at radius 2 is 1.54 bits per heavy atom. The van der Waals surface area contributed by atoms with Gasteiger partial charge >= 0.3 is 11.9 Å². The summed E-state index contributed by atoms with van der Waals surface area (Å²) in [7, 11) is 0. The monoisotopic (exact) mass is 422 g/mol. The lowest BCUT2D eigenvalue weighted by molar-refractivity contribution is 0.0329. The lowest BCUT2D eigenvalue weighted by Crippen LogP contribution is -2.19. The first-order valence-corrected chi connectivity index (χ1v) is 10.2. The fourth-order valence-electron chi connectivity index (χ4n) is 2.71. The first kappa shape index (κ1) is 20.2. The summed E-state index contributed by atoms with van der Waals surface area (Å²) >= 11 is 2.13. The SMILES string of the molecule is CCC(C)OC(=O)c1c(F)c(-c2cccs2)c(C(=O)O)c(F)c1-c1cccs1. The van der Waals surface area contributed by atoms with E-state index in [2.05, 4.69) is 0 Å². The van der Waals surface area contributed by atoms with Crippen LogP contribution in [0, 0.1) is 11.6 Å². The van der Waals surface area contributed by atoms with Crippen LogP contribution in [0.15, 0.2) is 35.0 Å². The highest BCUT2D eigenvalue weighted by molar-refractivity contribution is 7.14. The zero-order valence-corrected chi connectivity index (χ0v) is 16.6. The summed E-state index contributed by atoms with van der Waals surface area (Å²) in [5.74, 6) is -4.89. The Hall–Kier alpha value is -2.58. The van der Waals surface area contributed by atoms with Gasteiger partial charge in [-0.2, -0.15) is 0 Å². The molecule has 3 aromatic rings. The van der Waals surface area contributed by atoms with Crippen LogP contribution in [0.25, 0.3) is 20.9 Å². The molecular weight excluding hydrogens is 406 g/mol. The molecule has 1 atom stereocenters. The topological polar surface area (TPSA) is 63.6 Å². The Labute approximate surface area is 168 Å². The molecule has 28 heavy (non-hydrogen) atoms. The van der Waals surface area contributed by atoms with E-state index in [9.17, 15) is 14.7 Å². The van der Waals surface area contributed by atoms with Crippen LogP contribution in [0.2, 0.25) is 0 Å². The van der Waals surface area contributed by atoms with Gasteiger partial charge in [-0.3, -0.25) is 0 Å². The summed E-state index contributed by atoms with van der Waals surface area (Å²) in [5, 5.41) is 12.8. The van der Waals surface area contributed by atoms with Crippen LogP contribution in [0.1, 0.15) is 41.0 Å². The maximum absolute atomic E-state index is 15.6. The summed E-state index contributed by atoms with van der Waals surface area (Å²) in [6.07, 6.45) is -0.00897. The second-order valence-corrected chi connectivity index (χ2v) is 7.91. The van der Waals surface area contributed by atoms with Gasteiger partial charge in [0.25, 0.3) is 0 Å². The standard InChI is InChI=1S/C20H16F2O4S2/c1-3-10(2)26-20(25)16-14(12-7-5-9-28-12)17(21)15(19(23)24)13(18(16)22)11-6-4-8-27-11/h4-10H,3H2,1-2H3,(H,23,24). The molecule has 2 heterocycles. The number of ether oxygens (including phenoxy) is 1. The third kappa shape index (κ3) is 3.57. The van der Waals surface area contributed by atoms with E-state index in [1.54, 1.807) is 36.7 Å². The molecule has 3 rings (SSSR count). The van der Waals surface area contributed by atoms with E-state index in [0.29, 0.717) is 6.42 Å². The van der Waals surface area contributed by atoms with Crippen molar-refractivity contribution in [2.75, 3.05) is 0 Å². The average molecular weight is 422 g/mol. The smallest absolute Gasteiger partial charge is 0.342 e. The third-order valence-corrected chi connectivity index (χ3v) is 5.99. The maximum atomic E-state index is 15.6. The van der Waals surface area contributed by atoms with Crippen molar-refractivity contribution >= 4 is 34.6 Å². The number of benzene rings is 1. The second-order valence-electron chi connectivity index (χ2n) is 6.01. The van der Waals surface area contributed by atoms with Gasteiger partial charge in [-0.15, -0.1) is 22.7 Å². The molecule has 2 aromatic heterocycles. The van der Waals surface area contributed by atoms with Crippen molar-refractivity contribution in [2.24, 2.45) is 0 Å². The third-order valence-electron chi connectivity index (χ3n) is 4.21. The van der Waals surface area contributed by atoms with Crippen molar-refractivity contribution in [3.8, 4) is 20.9 Å². The Bertz CT molecular complexity index is 1010. The van der Waals surface area contributed by atoms with Crippen molar-refractivity contribution in [2.45, 2.75) is 26.4 Å².